The minimum atomic E-state index is -3.77. The summed E-state index contributed by atoms with van der Waals surface area (Å²) in [6, 6.07) is 11.6. The summed E-state index contributed by atoms with van der Waals surface area (Å²) in [7, 11) is -3.77. The molecule has 0 aliphatic rings. The summed E-state index contributed by atoms with van der Waals surface area (Å²) in [5, 5.41) is 0. The number of nitrogens with zero attached hydrogens (tertiary/aromatic N) is 1. The number of hydrogen-bond acceptors (Lipinski definition) is 3. The number of anilines is 1. The molecular formula is C19H24N2O3S. The van der Waals surface area contributed by atoms with E-state index in [0.717, 1.165) is 11.1 Å². The smallest absolute Gasteiger partial charge is 0.261 e. The van der Waals surface area contributed by atoms with Gasteiger partial charge in [-0.1, -0.05) is 18.2 Å². The quantitative estimate of drug-likeness (QED) is 0.856. The molecule has 0 bridgehead atoms. The summed E-state index contributed by atoms with van der Waals surface area (Å²) in [5.41, 5.74) is 2.79. The Labute approximate surface area is 149 Å². The highest BCUT2D eigenvalue weighted by molar-refractivity contribution is 7.92. The van der Waals surface area contributed by atoms with Gasteiger partial charge in [-0.15, -0.1) is 0 Å². The fourth-order valence-corrected chi connectivity index (χ4v) is 3.72. The van der Waals surface area contributed by atoms with E-state index in [1.807, 2.05) is 33.8 Å². The maximum Gasteiger partial charge on any atom is 0.261 e. The van der Waals surface area contributed by atoms with Crippen molar-refractivity contribution in [3.63, 3.8) is 0 Å². The second kappa shape index (κ2) is 7.70. The fraction of sp³-hybridized carbons (Fsp3) is 0.316. The van der Waals surface area contributed by atoms with Crippen molar-refractivity contribution in [1.29, 1.82) is 0 Å². The number of benzene rings is 2. The maximum atomic E-state index is 12.7. The number of amides is 1. The van der Waals surface area contributed by atoms with Gasteiger partial charge in [0.1, 0.15) is 0 Å². The number of carbonyl (C=O) groups excluding carboxylic acids is 1. The Kier molecular flexibility index (Phi) is 5.85. The first-order valence-electron chi connectivity index (χ1n) is 8.28. The average molecular weight is 360 g/mol. The van der Waals surface area contributed by atoms with Crippen LogP contribution >= 0.6 is 0 Å². The molecule has 2 rings (SSSR count). The minimum Gasteiger partial charge on any atom is -0.339 e. The van der Waals surface area contributed by atoms with Crippen molar-refractivity contribution >= 4 is 21.6 Å². The van der Waals surface area contributed by atoms with Crippen LogP contribution in [0.25, 0.3) is 0 Å². The van der Waals surface area contributed by atoms with Crippen LogP contribution < -0.4 is 4.72 Å². The van der Waals surface area contributed by atoms with Crippen LogP contribution in [-0.2, 0) is 10.0 Å². The number of aryl methyl sites for hydroxylation is 1. The zero-order valence-electron chi connectivity index (χ0n) is 15.0. The molecule has 0 radical (unpaired) electrons. The Morgan fingerprint density at radius 1 is 1.04 bits per heavy atom. The first-order valence-corrected chi connectivity index (χ1v) is 9.76. The van der Waals surface area contributed by atoms with Crippen molar-refractivity contribution in [2.24, 2.45) is 0 Å². The lowest BCUT2D eigenvalue weighted by Crippen LogP contribution is -2.30. The molecule has 0 heterocycles. The van der Waals surface area contributed by atoms with Crippen LogP contribution in [0.5, 0.6) is 0 Å². The van der Waals surface area contributed by atoms with Crippen LogP contribution in [0.2, 0.25) is 0 Å². The molecule has 1 amide bonds. The molecule has 1 N–H and O–H groups in total. The third-order valence-corrected chi connectivity index (χ3v) is 5.65. The molecule has 0 aliphatic carbocycles. The predicted octanol–water partition coefficient (Wildman–Crippen LogP) is 3.59. The summed E-state index contributed by atoms with van der Waals surface area (Å²) < 4.78 is 28.0. The second-order valence-electron chi connectivity index (χ2n) is 5.86. The topological polar surface area (TPSA) is 66.5 Å². The van der Waals surface area contributed by atoms with Crippen molar-refractivity contribution in [1.82, 2.24) is 4.90 Å². The molecule has 0 saturated heterocycles. The highest BCUT2D eigenvalue weighted by Gasteiger charge is 2.19. The molecule has 0 aromatic heterocycles. The summed E-state index contributed by atoms with van der Waals surface area (Å²) in [5.74, 6) is -0.172. The third-order valence-electron chi connectivity index (χ3n) is 4.29. The van der Waals surface area contributed by atoms with Gasteiger partial charge < -0.3 is 4.90 Å². The Balaban J connectivity index is 2.36. The maximum absolute atomic E-state index is 12.7. The van der Waals surface area contributed by atoms with Crippen molar-refractivity contribution < 1.29 is 13.2 Å². The lowest BCUT2D eigenvalue weighted by molar-refractivity contribution is 0.0772. The largest absolute Gasteiger partial charge is 0.339 e. The fourth-order valence-electron chi connectivity index (χ4n) is 2.56. The molecule has 6 heteroatoms. The van der Waals surface area contributed by atoms with E-state index in [1.165, 1.54) is 12.1 Å². The van der Waals surface area contributed by atoms with Crippen LogP contribution in [0.4, 0.5) is 5.69 Å². The summed E-state index contributed by atoms with van der Waals surface area (Å²) in [6.45, 7) is 8.73. The van der Waals surface area contributed by atoms with E-state index in [1.54, 1.807) is 29.2 Å². The lowest BCUT2D eigenvalue weighted by atomic mass is 10.1. The number of rotatable bonds is 6. The Morgan fingerprint density at radius 2 is 1.68 bits per heavy atom. The predicted molar refractivity (Wildman–Crippen MR) is 100 cm³/mol. The molecule has 0 atom stereocenters. The molecule has 0 unspecified atom stereocenters. The second-order valence-corrected chi connectivity index (χ2v) is 7.54. The molecule has 0 saturated carbocycles. The number of sulfonamides is 1. The average Bonchev–Trinajstić information content (AvgIpc) is 2.60. The highest BCUT2D eigenvalue weighted by atomic mass is 32.2. The van der Waals surface area contributed by atoms with Crippen LogP contribution in [-0.4, -0.2) is 32.3 Å². The van der Waals surface area contributed by atoms with E-state index < -0.39 is 10.0 Å². The van der Waals surface area contributed by atoms with Crippen LogP contribution in [0.15, 0.2) is 47.4 Å². The minimum absolute atomic E-state index is 0.0754. The summed E-state index contributed by atoms with van der Waals surface area (Å²) >= 11 is 0. The molecule has 0 aliphatic heterocycles. The normalized spacial score (nSPS) is 11.2. The van der Waals surface area contributed by atoms with Crippen molar-refractivity contribution in [3.05, 3.63) is 59.2 Å². The molecule has 5 nitrogen and oxygen atoms in total. The van der Waals surface area contributed by atoms with Gasteiger partial charge in [-0.3, -0.25) is 9.52 Å². The Morgan fingerprint density at radius 3 is 2.32 bits per heavy atom. The van der Waals surface area contributed by atoms with Crippen LogP contribution in [0.3, 0.4) is 0 Å². The first-order chi connectivity index (χ1) is 11.8. The van der Waals surface area contributed by atoms with E-state index in [2.05, 4.69) is 4.72 Å². The van der Waals surface area contributed by atoms with Crippen molar-refractivity contribution in [2.45, 2.75) is 32.6 Å². The van der Waals surface area contributed by atoms with Gasteiger partial charge in [-0.05, 0) is 63.1 Å². The van der Waals surface area contributed by atoms with Gasteiger partial charge >= 0.3 is 0 Å². The van der Waals surface area contributed by atoms with Gasteiger partial charge in [-0.25, -0.2) is 8.42 Å². The Bertz CT molecular complexity index is 872. The van der Waals surface area contributed by atoms with Gasteiger partial charge in [0.15, 0.2) is 0 Å². The zero-order chi connectivity index (χ0) is 18.6. The first kappa shape index (κ1) is 19.0. The number of hydrogen-bond donors (Lipinski definition) is 1. The van der Waals surface area contributed by atoms with E-state index in [0.29, 0.717) is 24.3 Å². The lowest BCUT2D eigenvalue weighted by Gasteiger charge is -2.19. The van der Waals surface area contributed by atoms with E-state index in [4.69, 9.17) is 0 Å². The van der Waals surface area contributed by atoms with Gasteiger partial charge in [0, 0.05) is 18.7 Å². The van der Waals surface area contributed by atoms with Gasteiger partial charge in [-0.2, -0.15) is 0 Å². The molecule has 0 spiro atoms. The van der Waals surface area contributed by atoms with Crippen molar-refractivity contribution in [2.75, 3.05) is 17.8 Å². The SMILES string of the molecule is CCN(CC)C(=O)c1cccc(S(=O)(=O)Nc2cccc(C)c2C)c1. The monoisotopic (exact) mass is 360 g/mol. The van der Waals surface area contributed by atoms with E-state index in [9.17, 15) is 13.2 Å². The highest BCUT2D eigenvalue weighted by Crippen LogP contribution is 2.22. The van der Waals surface area contributed by atoms with Gasteiger partial charge in [0.25, 0.3) is 15.9 Å². The third kappa shape index (κ3) is 4.20. The molecule has 2 aromatic carbocycles. The molecular weight excluding hydrogens is 336 g/mol. The van der Waals surface area contributed by atoms with Crippen LogP contribution in [0.1, 0.15) is 35.3 Å². The Hall–Kier alpha value is -2.34. The summed E-state index contributed by atoms with van der Waals surface area (Å²) in [6.07, 6.45) is 0. The van der Waals surface area contributed by atoms with Crippen LogP contribution in [0, 0.1) is 13.8 Å². The van der Waals surface area contributed by atoms with Gasteiger partial charge in [0.2, 0.25) is 0 Å². The van der Waals surface area contributed by atoms with Crippen molar-refractivity contribution in [3.8, 4) is 0 Å². The molecule has 0 fully saturated rings. The summed E-state index contributed by atoms with van der Waals surface area (Å²) in [4.78, 5) is 14.2. The van der Waals surface area contributed by atoms with Gasteiger partial charge in [0.05, 0.1) is 10.6 Å². The molecule has 134 valence electrons. The zero-order valence-corrected chi connectivity index (χ0v) is 15.9. The molecule has 2 aromatic rings. The standard InChI is InChI=1S/C19H24N2O3S/c1-5-21(6-2)19(22)16-10-8-11-17(13-16)25(23,24)20-18-12-7-9-14(3)15(18)4/h7-13,20H,5-6H2,1-4H3. The van der Waals surface area contributed by atoms with E-state index >= 15 is 0 Å². The number of carbonyl (C=O) groups is 1. The van der Waals surface area contributed by atoms with E-state index in [-0.39, 0.29) is 10.8 Å². The molecule has 25 heavy (non-hydrogen) atoms. The number of nitrogens with one attached hydrogen (secondary N) is 1.